The number of aliphatic hydroxyl groups is 1. The average Bonchev–Trinajstić information content (AvgIpc) is 2.97. The Morgan fingerprint density at radius 1 is 1.63 bits per heavy atom. The Kier molecular flexibility index (Phi) is 3.65. The first-order valence-corrected chi connectivity index (χ1v) is 5.76. The number of carboxylic acid groups (broad SMARTS) is 1. The monoisotopic (exact) mass is 269 g/mol. The molecule has 0 unspecified atom stereocenters. The maximum atomic E-state index is 12.1. The first-order chi connectivity index (χ1) is 8.99. The van der Waals surface area contributed by atoms with Gasteiger partial charge in [-0.15, -0.1) is 0 Å². The van der Waals surface area contributed by atoms with Crippen LogP contribution in [0.15, 0.2) is 6.33 Å². The Bertz CT molecular complexity index is 462. The van der Waals surface area contributed by atoms with Gasteiger partial charge in [-0.2, -0.15) is 5.10 Å². The third kappa shape index (κ3) is 2.81. The fourth-order valence-electron chi connectivity index (χ4n) is 2.08. The minimum atomic E-state index is -1.11. The van der Waals surface area contributed by atoms with Gasteiger partial charge in [-0.25, -0.2) is 14.6 Å². The van der Waals surface area contributed by atoms with E-state index in [1.807, 2.05) is 0 Å². The minimum absolute atomic E-state index is 0.0243. The van der Waals surface area contributed by atoms with E-state index in [1.54, 1.807) is 0 Å². The molecule has 2 rings (SSSR count). The van der Waals surface area contributed by atoms with Crippen molar-refractivity contribution in [3.8, 4) is 0 Å². The molecule has 2 atom stereocenters. The van der Waals surface area contributed by atoms with E-state index >= 15 is 0 Å². The molecule has 0 radical (unpaired) electrons. The van der Waals surface area contributed by atoms with E-state index in [4.69, 9.17) is 5.11 Å². The summed E-state index contributed by atoms with van der Waals surface area (Å²) in [5, 5.41) is 24.8. The maximum absolute atomic E-state index is 12.1. The van der Waals surface area contributed by atoms with Crippen LogP contribution in [0.3, 0.4) is 0 Å². The largest absolute Gasteiger partial charge is 0.480 e. The van der Waals surface area contributed by atoms with Crippen LogP contribution < -0.4 is 0 Å². The Morgan fingerprint density at radius 2 is 2.37 bits per heavy atom. The fraction of sp³-hybridized carbons (Fsp3) is 0.600. The highest BCUT2D eigenvalue weighted by molar-refractivity contribution is 5.83. The third-order valence-corrected chi connectivity index (χ3v) is 2.99. The summed E-state index contributed by atoms with van der Waals surface area (Å²) >= 11 is 0. The van der Waals surface area contributed by atoms with E-state index < -0.39 is 24.1 Å². The number of H-pyrrole nitrogens is 1. The molecule has 3 N–H and O–H groups in total. The van der Waals surface area contributed by atoms with Crippen LogP contribution in [0.1, 0.15) is 12.2 Å². The predicted octanol–water partition coefficient (Wildman–Crippen LogP) is -1.12. The van der Waals surface area contributed by atoms with Crippen molar-refractivity contribution in [1.29, 1.82) is 0 Å². The van der Waals surface area contributed by atoms with Crippen molar-refractivity contribution in [2.75, 3.05) is 13.6 Å². The predicted molar refractivity (Wildman–Crippen MR) is 62.0 cm³/mol. The van der Waals surface area contributed by atoms with Crippen LogP contribution >= 0.6 is 0 Å². The lowest BCUT2D eigenvalue weighted by Crippen LogP contribution is -2.46. The highest BCUT2D eigenvalue weighted by Crippen LogP contribution is 2.20. The molecule has 19 heavy (non-hydrogen) atoms. The molecule has 0 saturated carbocycles. The number of rotatable bonds is 3. The summed E-state index contributed by atoms with van der Waals surface area (Å²) in [5.74, 6) is -0.611. The zero-order valence-electron chi connectivity index (χ0n) is 10.4. The van der Waals surface area contributed by atoms with Crippen molar-refractivity contribution in [2.45, 2.75) is 25.1 Å². The third-order valence-electron chi connectivity index (χ3n) is 2.99. The molecule has 0 spiro atoms. The lowest BCUT2D eigenvalue weighted by atomic mass is 10.2. The number of carbonyl (C=O) groups excluding carboxylic acids is 1. The van der Waals surface area contributed by atoms with E-state index in [-0.39, 0.29) is 19.5 Å². The molecule has 9 heteroatoms. The topological polar surface area (TPSA) is 123 Å². The van der Waals surface area contributed by atoms with Crippen LogP contribution in [-0.4, -0.2) is 72.9 Å². The zero-order valence-corrected chi connectivity index (χ0v) is 10.4. The number of β-amino-alcohol motifs (C(OH)–C–C–N with tert-alkyl or cyclic N) is 1. The van der Waals surface area contributed by atoms with E-state index in [1.165, 1.54) is 18.3 Å². The Morgan fingerprint density at radius 3 is 2.95 bits per heavy atom. The molecule has 1 aromatic heterocycles. The first-order valence-electron chi connectivity index (χ1n) is 5.76. The molecule has 0 bridgehead atoms. The van der Waals surface area contributed by atoms with Crippen LogP contribution in [-0.2, 0) is 11.3 Å². The molecule has 1 aliphatic rings. The van der Waals surface area contributed by atoms with Gasteiger partial charge in [0, 0.05) is 20.0 Å². The molecular formula is C10H15N5O4. The smallest absolute Gasteiger partial charge is 0.326 e. The second-order valence-electron chi connectivity index (χ2n) is 4.47. The quantitative estimate of drug-likeness (QED) is 0.638. The number of aromatic nitrogens is 3. The first kappa shape index (κ1) is 13.3. The van der Waals surface area contributed by atoms with E-state index in [2.05, 4.69) is 15.2 Å². The van der Waals surface area contributed by atoms with Gasteiger partial charge in [-0.1, -0.05) is 0 Å². The van der Waals surface area contributed by atoms with Crippen molar-refractivity contribution < 1.29 is 19.8 Å². The van der Waals surface area contributed by atoms with Crippen LogP contribution in [0.25, 0.3) is 0 Å². The highest BCUT2D eigenvalue weighted by atomic mass is 16.4. The normalized spacial score (nSPS) is 22.5. The van der Waals surface area contributed by atoms with Gasteiger partial charge >= 0.3 is 12.0 Å². The molecular weight excluding hydrogens is 254 g/mol. The SMILES string of the molecule is CN(Cc1ncn[nH]1)C(=O)N1C[C@H](O)C[C@H]1C(=O)O. The van der Waals surface area contributed by atoms with Crippen molar-refractivity contribution in [1.82, 2.24) is 25.0 Å². The van der Waals surface area contributed by atoms with Crippen LogP contribution in [0.5, 0.6) is 0 Å². The van der Waals surface area contributed by atoms with Gasteiger partial charge in [0.1, 0.15) is 18.2 Å². The lowest BCUT2D eigenvalue weighted by Gasteiger charge is -2.26. The summed E-state index contributed by atoms with van der Waals surface area (Å²) in [7, 11) is 1.54. The molecule has 0 aromatic carbocycles. The molecule has 1 aromatic rings. The number of hydrogen-bond donors (Lipinski definition) is 3. The van der Waals surface area contributed by atoms with Gasteiger partial charge < -0.3 is 20.0 Å². The second kappa shape index (κ2) is 5.22. The van der Waals surface area contributed by atoms with Crippen LogP contribution in [0, 0.1) is 0 Å². The number of urea groups is 1. The molecule has 1 aliphatic heterocycles. The van der Waals surface area contributed by atoms with E-state index in [0.717, 1.165) is 4.90 Å². The number of hydrogen-bond acceptors (Lipinski definition) is 5. The molecule has 0 aliphatic carbocycles. The molecule has 2 amide bonds. The summed E-state index contributed by atoms with van der Waals surface area (Å²) in [6.07, 6.45) is 0.577. The molecule has 104 valence electrons. The highest BCUT2D eigenvalue weighted by Gasteiger charge is 2.40. The Labute approximate surface area is 108 Å². The van der Waals surface area contributed by atoms with Crippen molar-refractivity contribution in [3.05, 3.63) is 12.2 Å². The van der Waals surface area contributed by atoms with Gasteiger partial charge in [0.25, 0.3) is 0 Å². The Hall–Kier alpha value is -2.16. The molecule has 9 nitrogen and oxygen atoms in total. The molecule has 1 fully saturated rings. The fourth-order valence-corrected chi connectivity index (χ4v) is 2.08. The maximum Gasteiger partial charge on any atom is 0.326 e. The number of aliphatic carboxylic acids is 1. The number of aliphatic hydroxyl groups excluding tert-OH is 1. The Balaban J connectivity index is 2.03. The number of carbonyl (C=O) groups is 2. The number of aromatic amines is 1. The minimum Gasteiger partial charge on any atom is -0.480 e. The number of nitrogens with one attached hydrogen (secondary N) is 1. The van der Waals surface area contributed by atoms with Gasteiger partial charge in [-0.3, -0.25) is 5.10 Å². The summed E-state index contributed by atoms with van der Waals surface area (Å²) in [4.78, 5) is 29.6. The number of amides is 2. The molecule has 2 heterocycles. The number of nitrogens with zero attached hydrogens (tertiary/aromatic N) is 4. The zero-order chi connectivity index (χ0) is 14.0. The number of likely N-dealkylation sites (tertiary alicyclic amines) is 1. The van der Waals surface area contributed by atoms with Crippen molar-refractivity contribution in [3.63, 3.8) is 0 Å². The summed E-state index contributed by atoms with van der Waals surface area (Å²) in [6, 6.07) is -1.44. The van der Waals surface area contributed by atoms with Crippen molar-refractivity contribution in [2.24, 2.45) is 0 Å². The van der Waals surface area contributed by atoms with Crippen LogP contribution in [0.4, 0.5) is 4.79 Å². The van der Waals surface area contributed by atoms with Crippen molar-refractivity contribution >= 4 is 12.0 Å². The summed E-state index contributed by atoms with van der Waals surface area (Å²) in [6.45, 7) is 0.217. The average molecular weight is 269 g/mol. The van der Waals surface area contributed by atoms with Gasteiger partial charge in [-0.05, 0) is 0 Å². The van der Waals surface area contributed by atoms with Gasteiger partial charge in [0.15, 0.2) is 0 Å². The standard InChI is InChI=1S/C10H15N5O4/c1-14(4-8-11-5-12-13-8)10(19)15-3-6(16)2-7(15)9(17)18/h5-7,16H,2-4H2,1H3,(H,17,18)(H,11,12,13)/t6-,7+/m1/s1. The summed E-state index contributed by atoms with van der Waals surface area (Å²) in [5.41, 5.74) is 0. The van der Waals surface area contributed by atoms with E-state index in [9.17, 15) is 14.7 Å². The number of carboxylic acids is 1. The van der Waals surface area contributed by atoms with Gasteiger partial charge in [0.2, 0.25) is 0 Å². The lowest BCUT2D eigenvalue weighted by molar-refractivity contribution is -0.141. The second-order valence-corrected chi connectivity index (χ2v) is 4.47. The van der Waals surface area contributed by atoms with Crippen LogP contribution in [0.2, 0.25) is 0 Å². The van der Waals surface area contributed by atoms with E-state index in [0.29, 0.717) is 5.82 Å². The summed E-state index contributed by atoms with van der Waals surface area (Å²) < 4.78 is 0. The molecule has 1 saturated heterocycles. The van der Waals surface area contributed by atoms with Gasteiger partial charge in [0.05, 0.1) is 12.6 Å².